The fourth-order valence-electron chi connectivity index (χ4n) is 0.967. The van der Waals surface area contributed by atoms with Crippen molar-refractivity contribution in [2.45, 2.75) is 0 Å². The molecule has 0 saturated carbocycles. The summed E-state index contributed by atoms with van der Waals surface area (Å²) in [7, 11) is 1.75. The molecule has 0 radical (unpaired) electrons. The molecule has 0 fully saturated rings. The smallest absolute Gasteiger partial charge is 0.285 e. The molecule has 1 amide bonds. The molecule has 0 spiro atoms. The normalized spacial score (nSPS) is 10.4. The highest BCUT2D eigenvalue weighted by Gasteiger charge is 2.00. The average Bonchev–Trinajstić information content (AvgIpc) is 2.26. The maximum atomic E-state index is 11.2. The van der Waals surface area contributed by atoms with E-state index in [4.69, 9.17) is 0 Å². The molecule has 1 aromatic rings. The molecule has 2 nitrogen and oxygen atoms in total. The number of benzene rings is 1. The van der Waals surface area contributed by atoms with Crippen molar-refractivity contribution in [2.24, 2.45) is 0 Å². The number of rotatable bonds is 2. The SMILES string of the molecule is CSC(=O)N(C)/C=C\c1ccccc1. The lowest BCUT2D eigenvalue weighted by Crippen LogP contribution is -2.14. The summed E-state index contributed by atoms with van der Waals surface area (Å²) >= 11 is 1.20. The van der Waals surface area contributed by atoms with Crippen LogP contribution in [0, 0.1) is 0 Å². The number of carbonyl (C=O) groups is 1. The van der Waals surface area contributed by atoms with Crippen LogP contribution in [-0.2, 0) is 0 Å². The number of carbonyl (C=O) groups excluding carboxylic acids is 1. The first-order valence-corrected chi connectivity index (χ1v) is 5.50. The van der Waals surface area contributed by atoms with E-state index in [1.54, 1.807) is 24.4 Å². The van der Waals surface area contributed by atoms with E-state index in [9.17, 15) is 4.79 Å². The van der Waals surface area contributed by atoms with E-state index >= 15 is 0 Å². The fourth-order valence-corrected chi connectivity index (χ4v) is 1.32. The average molecular weight is 207 g/mol. The summed E-state index contributed by atoms with van der Waals surface area (Å²) in [5.41, 5.74) is 1.09. The van der Waals surface area contributed by atoms with E-state index in [-0.39, 0.29) is 5.24 Å². The zero-order valence-electron chi connectivity index (χ0n) is 8.31. The maximum Gasteiger partial charge on any atom is 0.285 e. The zero-order chi connectivity index (χ0) is 10.4. The molecule has 0 bridgehead atoms. The van der Waals surface area contributed by atoms with Crippen LogP contribution in [-0.4, -0.2) is 23.4 Å². The molecule has 1 rings (SSSR count). The quantitative estimate of drug-likeness (QED) is 0.742. The Morgan fingerprint density at radius 3 is 2.57 bits per heavy atom. The molecule has 0 aliphatic carbocycles. The van der Waals surface area contributed by atoms with Crippen molar-refractivity contribution in [3.8, 4) is 0 Å². The first-order chi connectivity index (χ1) is 6.74. The standard InChI is InChI=1S/C11H13NOS/c1-12(11(13)14-2)9-8-10-6-4-3-5-7-10/h3-9H,1-2H3/b9-8-. The maximum absolute atomic E-state index is 11.2. The van der Waals surface area contributed by atoms with Crippen LogP contribution in [0.2, 0.25) is 0 Å². The molecular formula is C11H13NOS. The third-order valence-electron chi connectivity index (χ3n) is 1.75. The molecule has 0 N–H and O–H groups in total. The second kappa shape index (κ2) is 5.50. The van der Waals surface area contributed by atoms with Gasteiger partial charge < -0.3 is 4.90 Å². The van der Waals surface area contributed by atoms with Gasteiger partial charge in [-0.2, -0.15) is 0 Å². The number of amides is 1. The summed E-state index contributed by atoms with van der Waals surface area (Å²) in [6, 6.07) is 9.89. The molecule has 3 heteroatoms. The van der Waals surface area contributed by atoms with E-state index in [0.29, 0.717) is 0 Å². The Hall–Kier alpha value is -1.22. The Bertz CT molecular complexity index is 321. The van der Waals surface area contributed by atoms with Crippen LogP contribution in [0.1, 0.15) is 5.56 Å². The second-order valence-electron chi connectivity index (χ2n) is 2.81. The third-order valence-corrected chi connectivity index (χ3v) is 2.39. The van der Waals surface area contributed by atoms with Crippen LogP contribution in [0.25, 0.3) is 6.08 Å². The van der Waals surface area contributed by atoms with Crippen LogP contribution in [0.15, 0.2) is 36.5 Å². The van der Waals surface area contributed by atoms with Gasteiger partial charge in [-0.05, 0) is 17.9 Å². The van der Waals surface area contributed by atoms with Crippen molar-refractivity contribution in [2.75, 3.05) is 13.3 Å². The van der Waals surface area contributed by atoms with Crippen molar-refractivity contribution in [1.82, 2.24) is 4.90 Å². The van der Waals surface area contributed by atoms with E-state index in [0.717, 1.165) is 5.56 Å². The topological polar surface area (TPSA) is 20.3 Å². The Morgan fingerprint density at radius 2 is 2.00 bits per heavy atom. The van der Waals surface area contributed by atoms with E-state index in [2.05, 4.69) is 0 Å². The monoisotopic (exact) mass is 207 g/mol. The molecular weight excluding hydrogens is 194 g/mol. The molecule has 74 valence electrons. The van der Waals surface area contributed by atoms with E-state index < -0.39 is 0 Å². The van der Waals surface area contributed by atoms with Crippen molar-refractivity contribution in [3.63, 3.8) is 0 Å². The van der Waals surface area contributed by atoms with Gasteiger partial charge >= 0.3 is 0 Å². The van der Waals surface area contributed by atoms with Gasteiger partial charge in [0.2, 0.25) is 0 Å². The van der Waals surface area contributed by atoms with Gasteiger partial charge in [0.25, 0.3) is 5.24 Å². The number of nitrogens with zero attached hydrogens (tertiary/aromatic N) is 1. The molecule has 0 aromatic heterocycles. The van der Waals surface area contributed by atoms with E-state index in [1.807, 2.05) is 36.4 Å². The molecule has 1 aromatic carbocycles. The zero-order valence-corrected chi connectivity index (χ0v) is 9.12. The minimum atomic E-state index is 0.0391. The molecule has 0 saturated heterocycles. The predicted octanol–water partition coefficient (Wildman–Crippen LogP) is 3.07. The summed E-state index contributed by atoms with van der Waals surface area (Å²) in [6.07, 6.45) is 5.46. The Morgan fingerprint density at radius 1 is 1.36 bits per heavy atom. The lowest BCUT2D eigenvalue weighted by Gasteiger charge is -2.08. The molecule has 0 atom stereocenters. The summed E-state index contributed by atoms with van der Waals surface area (Å²) in [5, 5.41) is 0.0391. The third kappa shape index (κ3) is 3.26. The molecule has 0 aliphatic rings. The van der Waals surface area contributed by atoms with Crippen molar-refractivity contribution < 1.29 is 4.79 Å². The van der Waals surface area contributed by atoms with Gasteiger partial charge in [-0.15, -0.1) is 0 Å². The molecule has 0 aliphatic heterocycles. The molecule has 0 unspecified atom stereocenters. The Labute approximate surface area is 88.6 Å². The minimum Gasteiger partial charge on any atom is -0.313 e. The van der Waals surface area contributed by atoms with Gasteiger partial charge in [0.05, 0.1) is 0 Å². The molecule has 14 heavy (non-hydrogen) atoms. The fraction of sp³-hybridized carbons (Fsp3) is 0.182. The lowest BCUT2D eigenvalue weighted by molar-refractivity contribution is 0.245. The van der Waals surface area contributed by atoms with Crippen LogP contribution in [0.4, 0.5) is 4.79 Å². The summed E-state index contributed by atoms with van der Waals surface area (Å²) in [6.45, 7) is 0. The van der Waals surface area contributed by atoms with Crippen LogP contribution >= 0.6 is 11.8 Å². The minimum absolute atomic E-state index is 0.0391. The first-order valence-electron chi connectivity index (χ1n) is 4.28. The second-order valence-corrected chi connectivity index (χ2v) is 3.56. The predicted molar refractivity (Wildman–Crippen MR) is 62.2 cm³/mol. The highest BCUT2D eigenvalue weighted by molar-refractivity contribution is 8.12. The summed E-state index contributed by atoms with van der Waals surface area (Å²) in [4.78, 5) is 12.7. The summed E-state index contributed by atoms with van der Waals surface area (Å²) < 4.78 is 0. The number of hydrogen-bond acceptors (Lipinski definition) is 2. The Kier molecular flexibility index (Phi) is 4.26. The van der Waals surface area contributed by atoms with Gasteiger partial charge in [0.15, 0.2) is 0 Å². The number of thioether (sulfide) groups is 1. The van der Waals surface area contributed by atoms with Gasteiger partial charge in [-0.3, -0.25) is 4.79 Å². The van der Waals surface area contributed by atoms with Crippen LogP contribution < -0.4 is 0 Å². The number of hydrogen-bond donors (Lipinski definition) is 0. The lowest BCUT2D eigenvalue weighted by atomic mass is 10.2. The van der Waals surface area contributed by atoms with Crippen LogP contribution in [0.5, 0.6) is 0 Å². The highest BCUT2D eigenvalue weighted by atomic mass is 32.2. The van der Waals surface area contributed by atoms with Crippen LogP contribution in [0.3, 0.4) is 0 Å². The largest absolute Gasteiger partial charge is 0.313 e. The van der Waals surface area contributed by atoms with Gasteiger partial charge in [0, 0.05) is 13.2 Å². The highest BCUT2D eigenvalue weighted by Crippen LogP contribution is 2.05. The summed E-state index contributed by atoms with van der Waals surface area (Å²) in [5.74, 6) is 0. The van der Waals surface area contributed by atoms with Crippen molar-refractivity contribution >= 4 is 23.1 Å². The van der Waals surface area contributed by atoms with E-state index in [1.165, 1.54) is 11.8 Å². The van der Waals surface area contributed by atoms with Crippen molar-refractivity contribution in [1.29, 1.82) is 0 Å². The molecule has 0 heterocycles. The first kappa shape index (κ1) is 10.9. The Balaban J connectivity index is 2.60. The van der Waals surface area contributed by atoms with Gasteiger partial charge in [-0.1, -0.05) is 42.1 Å². The van der Waals surface area contributed by atoms with Gasteiger partial charge in [-0.25, -0.2) is 0 Å². The van der Waals surface area contributed by atoms with Gasteiger partial charge in [0.1, 0.15) is 0 Å². The van der Waals surface area contributed by atoms with Crippen molar-refractivity contribution in [3.05, 3.63) is 42.1 Å².